The van der Waals surface area contributed by atoms with Crippen LogP contribution < -0.4 is 5.73 Å². The molecule has 1 aromatic rings. The summed E-state index contributed by atoms with van der Waals surface area (Å²) in [5, 5.41) is 0. The van der Waals surface area contributed by atoms with Crippen molar-refractivity contribution in [2.45, 2.75) is 19.9 Å². The molecule has 0 aromatic heterocycles. The molecule has 1 atom stereocenters. The Bertz CT molecular complexity index is 351. The Balaban J connectivity index is 3.19. The van der Waals surface area contributed by atoms with Crippen LogP contribution in [0.5, 0.6) is 0 Å². The normalized spacial score (nSPS) is 12.6. The molecule has 0 saturated heterocycles. The highest BCUT2D eigenvalue weighted by atomic mass is 19.1. The van der Waals surface area contributed by atoms with E-state index in [0.29, 0.717) is 0 Å². The Labute approximate surface area is 80.7 Å². The van der Waals surface area contributed by atoms with Gasteiger partial charge in [-0.3, -0.25) is 4.79 Å². The van der Waals surface area contributed by atoms with E-state index in [2.05, 4.69) is 0 Å². The van der Waals surface area contributed by atoms with Crippen LogP contribution in [0.4, 0.5) is 8.78 Å². The van der Waals surface area contributed by atoms with Crippen LogP contribution >= 0.6 is 0 Å². The first-order valence-corrected chi connectivity index (χ1v) is 4.19. The predicted octanol–water partition coefficient (Wildman–Crippen LogP) is 1.80. The molecule has 0 amide bonds. The standard InChI is InChI=1S/C10H11F2NO/c1-5-8(11)3-7(4-9(5)12)10(14)6(2)13/h3-4,6H,13H2,1-2H3. The maximum absolute atomic E-state index is 13.0. The van der Waals surface area contributed by atoms with Crippen LogP contribution in [0.25, 0.3) is 0 Å². The molecule has 1 unspecified atom stereocenters. The second-order valence-electron chi connectivity index (χ2n) is 3.22. The zero-order chi connectivity index (χ0) is 10.9. The van der Waals surface area contributed by atoms with Gasteiger partial charge in [0.2, 0.25) is 0 Å². The lowest BCUT2D eigenvalue weighted by atomic mass is 10.0. The second-order valence-corrected chi connectivity index (χ2v) is 3.22. The molecule has 2 nitrogen and oxygen atoms in total. The molecular formula is C10H11F2NO. The van der Waals surface area contributed by atoms with Crippen molar-refractivity contribution in [3.8, 4) is 0 Å². The van der Waals surface area contributed by atoms with Crippen molar-refractivity contribution in [3.63, 3.8) is 0 Å². The summed E-state index contributed by atoms with van der Waals surface area (Å²) in [6.07, 6.45) is 0. The average Bonchev–Trinajstić information content (AvgIpc) is 2.12. The van der Waals surface area contributed by atoms with E-state index >= 15 is 0 Å². The summed E-state index contributed by atoms with van der Waals surface area (Å²) in [6.45, 7) is 2.78. The largest absolute Gasteiger partial charge is 0.321 e. The third-order valence-electron chi connectivity index (χ3n) is 1.98. The molecule has 0 aliphatic heterocycles. The van der Waals surface area contributed by atoms with Crippen molar-refractivity contribution in [1.29, 1.82) is 0 Å². The number of ketones is 1. The Kier molecular flexibility index (Phi) is 2.96. The summed E-state index contributed by atoms with van der Waals surface area (Å²) >= 11 is 0. The number of carbonyl (C=O) groups excluding carboxylic acids is 1. The zero-order valence-corrected chi connectivity index (χ0v) is 7.97. The maximum Gasteiger partial charge on any atom is 0.179 e. The number of benzene rings is 1. The number of hydrogen-bond donors (Lipinski definition) is 1. The van der Waals surface area contributed by atoms with Gasteiger partial charge in [0, 0.05) is 11.1 Å². The first-order valence-electron chi connectivity index (χ1n) is 4.19. The van der Waals surface area contributed by atoms with E-state index in [1.54, 1.807) is 0 Å². The SMILES string of the molecule is Cc1c(F)cc(C(=O)C(C)N)cc1F. The third kappa shape index (κ3) is 1.96. The summed E-state index contributed by atoms with van der Waals surface area (Å²) < 4.78 is 26.1. The molecule has 0 aliphatic rings. The van der Waals surface area contributed by atoms with Crippen LogP contribution in [0.2, 0.25) is 0 Å². The molecule has 0 radical (unpaired) electrons. The fraction of sp³-hybridized carbons (Fsp3) is 0.300. The van der Waals surface area contributed by atoms with E-state index in [-0.39, 0.29) is 11.1 Å². The Morgan fingerprint density at radius 1 is 1.36 bits per heavy atom. The van der Waals surface area contributed by atoms with Gasteiger partial charge in [0.05, 0.1) is 6.04 Å². The Hall–Kier alpha value is -1.29. The van der Waals surface area contributed by atoms with Gasteiger partial charge in [-0.05, 0) is 26.0 Å². The third-order valence-corrected chi connectivity index (χ3v) is 1.98. The van der Waals surface area contributed by atoms with Crippen LogP contribution in [-0.2, 0) is 0 Å². The van der Waals surface area contributed by atoms with Gasteiger partial charge in [0.25, 0.3) is 0 Å². The quantitative estimate of drug-likeness (QED) is 0.738. The van der Waals surface area contributed by atoms with Crippen molar-refractivity contribution in [3.05, 3.63) is 34.9 Å². The van der Waals surface area contributed by atoms with Crippen LogP contribution in [0.3, 0.4) is 0 Å². The Morgan fingerprint density at radius 2 is 1.79 bits per heavy atom. The smallest absolute Gasteiger partial charge is 0.179 e. The fourth-order valence-corrected chi connectivity index (χ4v) is 1.05. The highest BCUT2D eigenvalue weighted by Crippen LogP contribution is 2.15. The van der Waals surface area contributed by atoms with Gasteiger partial charge < -0.3 is 5.73 Å². The van der Waals surface area contributed by atoms with Crippen molar-refractivity contribution in [2.24, 2.45) is 5.73 Å². The molecule has 4 heteroatoms. The highest BCUT2D eigenvalue weighted by molar-refractivity contribution is 5.99. The second kappa shape index (κ2) is 3.84. The minimum absolute atomic E-state index is 0.0272. The summed E-state index contributed by atoms with van der Waals surface area (Å²) in [7, 11) is 0. The van der Waals surface area contributed by atoms with Gasteiger partial charge in [-0.2, -0.15) is 0 Å². The minimum Gasteiger partial charge on any atom is -0.321 e. The maximum atomic E-state index is 13.0. The average molecular weight is 199 g/mol. The summed E-state index contributed by atoms with van der Waals surface area (Å²) in [6, 6.07) is 1.25. The van der Waals surface area contributed by atoms with E-state index in [0.717, 1.165) is 12.1 Å². The molecule has 1 rings (SSSR count). The molecule has 0 bridgehead atoms. The number of halogens is 2. The number of rotatable bonds is 2. The van der Waals surface area contributed by atoms with Gasteiger partial charge >= 0.3 is 0 Å². The zero-order valence-electron chi connectivity index (χ0n) is 7.97. The topological polar surface area (TPSA) is 43.1 Å². The number of carbonyl (C=O) groups is 1. The lowest BCUT2D eigenvalue weighted by molar-refractivity contribution is 0.0967. The van der Waals surface area contributed by atoms with Gasteiger partial charge in [-0.1, -0.05) is 0 Å². The minimum atomic E-state index is -0.753. The summed E-state index contributed by atoms with van der Waals surface area (Å²) in [5.74, 6) is -1.93. The van der Waals surface area contributed by atoms with Crippen molar-refractivity contribution in [2.75, 3.05) is 0 Å². The molecule has 1 aromatic carbocycles. The van der Waals surface area contributed by atoms with Crippen molar-refractivity contribution >= 4 is 5.78 Å². The van der Waals surface area contributed by atoms with Gasteiger partial charge in [-0.15, -0.1) is 0 Å². The van der Waals surface area contributed by atoms with Crippen molar-refractivity contribution < 1.29 is 13.6 Å². The van der Waals surface area contributed by atoms with Crippen LogP contribution in [0, 0.1) is 18.6 Å². The van der Waals surface area contributed by atoms with Crippen LogP contribution in [0.15, 0.2) is 12.1 Å². The first kappa shape index (κ1) is 10.8. The number of hydrogen-bond acceptors (Lipinski definition) is 2. The van der Waals surface area contributed by atoms with Gasteiger partial charge in [0.1, 0.15) is 11.6 Å². The monoisotopic (exact) mass is 199 g/mol. The first-order chi connectivity index (χ1) is 6.43. The van der Waals surface area contributed by atoms with E-state index in [4.69, 9.17) is 5.73 Å². The molecule has 76 valence electrons. The van der Waals surface area contributed by atoms with Crippen LogP contribution in [-0.4, -0.2) is 11.8 Å². The summed E-state index contributed by atoms with van der Waals surface area (Å²) in [5.41, 5.74) is 5.19. The lowest BCUT2D eigenvalue weighted by Gasteiger charge is -2.06. The molecule has 0 saturated carbocycles. The number of Topliss-reactive ketones (excluding diaryl/α,β-unsaturated/α-hetero) is 1. The van der Waals surface area contributed by atoms with E-state index in [1.807, 2.05) is 0 Å². The molecule has 14 heavy (non-hydrogen) atoms. The predicted molar refractivity (Wildman–Crippen MR) is 49.1 cm³/mol. The van der Waals surface area contributed by atoms with Crippen molar-refractivity contribution in [1.82, 2.24) is 0 Å². The molecule has 0 heterocycles. The lowest BCUT2D eigenvalue weighted by Crippen LogP contribution is -2.26. The van der Waals surface area contributed by atoms with Gasteiger partial charge in [-0.25, -0.2) is 8.78 Å². The molecule has 2 N–H and O–H groups in total. The highest BCUT2D eigenvalue weighted by Gasteiger charge is 2.15. The van der Waals surface area contributed by atoms with Gasteiger partial charge in [0.15, 0.2) is 5.78 Å². The summed E-state index contributed by atoms with van der Waals surface area (Å²) in [4.78, 5) is 11.3. The molecule has 0 aliphatic carbocycles. The molecule has 0 spiro atoms. The molecule has 0 fully saturated rings. The Morgan fingerprint density at radius 3 is 2.14 bits per heavy atom. The van der Waals surface area contributed by atoms with E-state index in [1.165, 1.54) is 13.8 Å². The van der Waals surface area contributed by atoms with Crippen LogP contribution in [0.1, 0.15) is 22.8 Å². The van der Waals surface area contributed by atoms with E-state index < -0.39 is 23.5 Å². The number of nitrogens with two attached hydrogens (primary N) is 1. The molecular weight excluding hydrogens is 188 g/mol. The van der Waals surface area contributed by atoms with E-state index in [9.17, 15) is 13.6 Å². The fourth-order valence-electron chi connectivity index (χ4n) is 1.05.